The molecule has 0 spiro atoms. The number of aliphatic hydroxyl groups is 1. The number of nitrogens with one attached hydrogen (secondary N) is 1. The lowest BCUT2D eigenvalue weighted by atomic mass is 10.1. The fourth-order valence-electron chi connectivity index (χ4n) is 0.620. The summed E-state index contributed by atoms with van der Waals surface area (Å²) in [4.78, 5) is 7.16. The van der Waals surface area contributed by atoms with Crippen molar-refractivity contribution in [2.45, 2.75) is 19.4 Å². The maximum atomic E-state index is 9.53. The molecule has 1 heterocycles. The summed E-state index contributed by atoms with van der Waals surface area (Å²) >= 11 is 4.27. The van der Waals surface area contributed by atoms with Crippen LogP contribution >= 0.6 is 45.2 Å². The van der Waals surface area contributed by atoms with Gasteiger partial charge in [0.2, 0.25) is 0 Å². The van der Waals surface area contributed by atoms with Gasteiger partial charge in [0.1, 0.15) is 18.8 Å². The van der Waals surface area contributed by atoms with Gasteiger partial charge in [-0.05, 0) is 59.0 Å². The topological polar surface area (TPSA) is 48.9 Å². The van der Waals surface area contributed by atoms with E-state index < -0.39 is 5.60 Å². The van der Waals surface area contributed by atoms with Gasteiger partial charge in [-0.25, -0.2) is 4.98 Å². The number of imidazole rings is 1. The molecular weight excluding hydrogens is 370 g/mol. The molecule has 2 N–H and O–H groups in total. The Balaban J connectivity index is 3.08. The highest BCUT2D eigenvalue weighted by Gasteiger charge is 2.20. The fraction of sp³-hybridized carbons (Fsp3) is 0.500. The van der Waals surface area contributed by atoms with Crippen LogP contribution in [-0.4, -0.2) is 15.1 Å². The first-order valence-electron chi connectivity index (χ1n) is 3.05. The molecule has 1 rings (SSSR count). The summed E-state index contributed by atoms with van der Waals surface area (Å²) in [5.74, 6) is 0.617. The first kappa shape index (κ1) is 9.72. The molecular formula is C6H8I2N2O. The van der Waals surface area contributed by atoms with E-state index in [1.54, 1.807) is 13.8 Å². The van der Waals surface area contributed by atoms with Crippen LogP contribution in [-0.2, 0) is 5.60 Å². The number of hydrogen-bond acceptors (Lipinski definition) is 2. The summed E-state index contributed by atoms with van der Waals surface area (Å²) in [7, 11) is 0. The maximum absolute atomic E-state index is 9.53. The summed E-state index contributed by atoms with van der Waals surface area (Å²) in [6.07, 6.45) is 0. The quantitative estimate of drug-likeness (QED) is 0.734. The fourth-order valence-corrected chi connectivity index (χ4v) is 1.37. The van der Waals surface area contributed by atoms with Crippen LogP contribution in [0.3, 0.4) is 0 Å². The van der Waals surface area contributed by atoms with Crippen molar-refractivity contribution in [2.75, 3.05) is 0 Å². The Morgan fingerprint density at radius 1 is 1.45 bits per heavy atom. The molecule has 0 atom stereocenters. The molecule has 3 nitrogen and oxygen atoms in total. The number of halogens is 2. The van der Waals surface area contributed by atoms with Crippen molar-refractivity contribution in [1.29, 1.82) is 0 Å². The van der Waals surface area contributed by atoms with Gasteiger partial charge in [0.25, 0.3) is 0 Å². The van der Waals surface area contributed by atoms with Gasteiger partial charge in [-0.15, -0.1) is 0 Å². The standard InChI is InChI=1S/C6H8I2N2O/c1-6(2,11)5-9-3(7)4(8)10-5/h11H,1-2H3,(H,9,10). The summed E-state index contributed by atoms with van der Waals surface area (Å²) in [5, 5.41) is 9.53. The van der Waals surface area contributed by atoms with Crippen LogP contribution in [0.4, 0.5) is 0 Å². The zero-order valence-corrected chi connectivity index (χ0v) is 10.5. The molecule has 0 fully saturated rings. The molecule has 0 radical (unpaired) electrons. The van der Waals surface area contributed by atoms with Crippen LogP contribution in [0.1, 0.15) is 19.7 Å². The monoisotopic (exact) mass is 378 g/mol. The third kappa shape index (κ3) is 2.28. The van der Waals surface area contributed by atoms with Crippen molar-refractivity contribution in [3.8, 4) is 0 Å². The lowest BCUT2D eigenvalue weighted by Gasteiger charge is -2.12. The lowest BCUT2D eigenvalue weighted by molar-refractivity contribution is 0.0695. The highest BCUT2D eigenvalue weighted by atomic mass is 127. The number of rotatable bonds is 1. The van der Waals surface area contributed by atoms with E-state index in [0.717, 1.165) is 7.40 Å². The van der Waals surface area contributed by atoms with Gasteiger partial charge in [0.15, 0.2) is 0 Å². The number of nitrogens with zero attached hydrogens (tertiary/aromatic N) is 1. The van der Waals surface area contributed by atoms with Crippen molar-refractivity contribution in [1.82, 2.24) is 9.97 Å². The highest BCUT2D eigenvalue weighted by Crippen LogP contribution is 2.20. The van der Waals surface area contributed by atoms with Crippen LogP contribution in [0.5, 0.6) is 0 Å². The summed E-state index contributed by atoms with van der Waals surface area (Å²) in [6, 6.07) is 0. The van der Waals surface area contributed by atoms with Gasteiger partial charge in [-0.3, -0.25) is 0 Å². The predicted molar refractivity (Wildman–Crippen MR) is 59.3 cm³/mol. The van der Waals surface area contributed by atoms with Gasteiger partial charge in [-0.2, -0.15) is 0 Å². The Morgan fingerprint density at radius 2 is 2.00 bits per heavy atom. The summed E-state index contributed by atoms with van der Waals surface area (Å²) in [5.41, 5.74) is -0.872. The average molecular weight is 378 g/mol. The minimum Gasteiger partial charge on any atom is -0.383 e. The van der Waals surface area contributed by atoms with E-state index in [1.807, 2.05) is 0 Å². The molecule has 0 aromatic carbocycles. The van der Waals surface area contributed by atoms with Crippen molar-refractivity contribution in [3.63, 3.8) is 0 Å². The Hall–Kier alpha value is 0.630. The van der Waals surface area contributed by atoms with E-state index >= 15 is 0 Å². The maximum Gasteiger partial charge on any atom is 0.139 e. The van der Waals surface area contributed by atoms with E-state index in [9.17, 15) is 5.11 Å². The van der Waals surface area contributed by atoms with Crippen LogP contribution in [0.25, 0.3) is 0 Å². The van der Waals surface area contributed by atoms with Gasteiger partial charge < -0.3 is 10.1 Å². The molecule has 0 saturated heterocycles. The van der Waals surface area contributed by atoms with Gasteiger partial charge in [0.05, 0.1) is 0 Å². The SMILES string of the molecule is CC(C)(O)c1nc(I)c(I)[nH]1. The Kier molecular flexibility index (Phi) is 2.80. The van der Waals surface area contributed by atoms with Gasteiger partial charge in [0, 0.05) is 0 Å². The molecule has 5 heteroatoms. The van der Waals surface area contributed by atoms with Crippen molar-refractivity contribution in [2.24, 2.45) is 0 Å². The van der Waals surface area contributed by atoms with E-state index in [-0.39, 0.29) is 0 Å². The summed E-state index contributed by atoms with van der Waals surface area (Å²) in [6.45, 7) is 3.41. The normalized spacial score (nSPS) is 12.1. The largest absolute Gasteiger partial charge is 0.383 e. The molecule has 62 valence electrons. The van der Waals surface area contributed by atoms with Crippen LogP contribution in [0.15, 0.2) is 0 Å². The van der Waals surface area contributed by atoms with E-state index in [0.29, 0.717) is 5.82 Å². The molecule has 0 aliphatic rings. The minimum atomic E-state index is -0.872. The van der Waals surface area contributed by atoms with Crippen molar-refractivity contribution >= 4 is 45.2 Å². The molecule has 11 heavy (non-hydrogen) atoms. The third-order valence-electron chi connectivity index (χ3n) is 1.20. The highest BCUT2D eigenvalue weighted by molar-refractivity contribution is 14.1. The van der Waals surface area contributed by atoms with Crippen molar-refractivity contribution < 1.29 is 5.11 Å². The second-order valence-corrected chi connectivity index (χ2v) is 4.85. The Morgan fingerprint density at radius 3 is 2.18 bits per heavy atom. The number of aromatic nitrogens is 2. The third-order valence-corrected chi connectivity index (χ3v) is 3.79. The predicted octanol–water partition coefficient (Wildman–Crippen LogP) is 1.85. The second-order valence-electron chi connectivity index (χ2n) is 2.75. The van der Waals surface area contributed by atoms with Gasteiger partial charge >= 0.3 is 0 Å². The Labute approximate surface area is 92.3 Å². The van der Waals surface area contributed by atoms with Gasteiger partial charge in [-0.1, -0.05) is 0 Å². The first-order valence-corrected chi connectivity index (χ1v) is 5.21. The summed E-state index contributed by atoms with van der Waals surface area (Å²) < 4.78 is 1.88. The smallest absolute Gasteiger partial charge is 0.139 e. The Bertz CT molecular complexity index is 245. The molecule has 0 bridgehead atoms. The lowest BCUT2D eigenvalue weighted by Crippen LogP contribution is -2.17. The number of H-pyrrole nitrogens is 1. The molecule has 0 amide bonds. The molecule has 0 unspecified atom stereocenters. The van der Waals surface area contributed by atoms with E-state index in [1.165, 1.54) is 0 Å². The zero-order chi connectivity index (χ0) is 8.65. The molecule has 1 aromatic rings. The minimum absolute atomic E-state index is 0.617. The van der Waals surface area contributed by atoms with Crippen LogP contribution in [0.2, 0.25) is 0 Å². The number of aromatic amines is 1. The van der Waals surface area contributed by atoms with Crippen molar-refractivity contribution in [3.05, 3.63) is 13.2 Å². The first-order chi connectivity index (χ1) is 4.91. The second kappa shape index (κ2) is 3.17. The molecule has 0 saturated carbocycles. The van der Waals surface area contributed by atoms with E-state index in [4.69, 9.17) is 0 Å². The zero-order valence-electron chi connectivity index (χ0n) is 6.15. The van der Waals surface area contributed by atoms with Crippen LogP contribution < -0.4 is 0 Å². The van der Waals surface area contributed by atoms with Crippen LogP contribution in [0, 0.1) is 7.40 Å². The molecule has 1 aromatic heterocycles. The molecule has 0 aliphatic carbocycles. The average Bonchev–Trinajstić information content (AvgIpc) is 2.11. The number of hydrogen-bond donors (Lipinski definition) is 2. The van der Waals surface area contributed by atoms with E-state index in [2.05, 4.69) is 55.1 Å². The molecule has 0 aliphatic heterocycles.